The summed E-state index contributed by atoms with van der Waals surface area (Å²) < 4.78 is 4.83. The van der Waals surface area contributed by atoms with Crippen molar-refractivity contribution in [1.82, 2.24) is 5.32 Å². The van der Waals surface area contributed by atoms with Crippen molar-refractivity contribution in [1.29, 1.82) is 0 Å². The third kappa shape index (κ3) is 5.37. The number of carboxylic acids is 1. The first-order valence-electron chi connectivity index (χ1n) is 6.81. The van der Waals surface area contributed by atoms with Gasteiger partial charge in [-0.2, -0.15) is 0 Å². The molecule has 0 radical (unpaired) electrons. The van der Waals surface area contributed by atoms with Crippen LogP contribution in [0.5, 0.6) is 0 Å². The molecule has 120 valence electrons. The van der Waals surface area contributed by atoms with E-state index in [0.717, 1.165) is 0 Å². The predicted molar refractivity (Wildman–Crippen MR) is 80.8 cm³/mol. The Morgan fingerprint density at radius 3 is 2.36 bits per heavy atom. The summed E-state index contributed by atoms with van der Waals surface area (Å²) in [5, 5.41) is 12.1. The van der Waals surface area contributed by atoms with Crippen LogP contribution in [0.3, 0.4) is 0 Å². The Balaban J connectivity index is 2.71. The molecule has 1 amide bonds. The quantitative estimate of drug-likeness (QED) is 0.748. The highest BCUT2D eigenvalue weighted by atomic mass is 35.5. The Morgan fingerprint density at radius 2 is 1.86 bits per heavy atom. The van der Waals surface area contributed by atoms with Gasteiger partial charge in [0.2, 0.25) is 0 Å². The Hall–Kier alpha value is -2.08. The van der Waals surface area contributed by atoms with E-state index in [4.69, 9.17) is 16.3 Å². The summed E-state index contributed by atoms with van der Waals surface area (Å²) >= 11 is 5.73. The fraction of sp³-hybridized carbons (Fsp3) is 0.400. The number of carboxylic acid groups (broad SMARTS) is 1. The Bertz CT molecular complexity index is 543. The monoisotopic (exact) mass is 327 g/mol. The van der Waals surface area contributed by atoms with Crippen molar-refractivity contribution in [3.63, 3.8) is 0 Å². The van der Waals surface area contributed by atoms with Crippen LogP contribution in [0.1, 0.15) is 30.6 Å². The molecule has 0 fully saturated rings. The zero-order chi connectivity index (χ0) is 16.7. The van der Waals surface area contributed by atoms with Crippen molar-refractivity contribution in [2.24, 2.45) is 5.92 Å². The molecule has 0 aromatic heterocycles. The van der Waals surface area contributed by atoms with E-state index in [1.807, 2.05) is 0 Å². The highest BCUT2D eigenvalue weighted by Gasteiger charge is 2.26. The molecule has 0 aliphatic heterocycles. The molecule has 0 heterocycles. The lowest BCUT2D eigenvalue weighted by Crippen LogP contribution is -2.42. The highest BCUT2D eigenvalue weighted by molar-refractivity contribution is 6.30. The van der Waals surface area contributed by atoms with Crippen LogP contribution < -0.4 is 5.32 Å². The number of amides is 1. The number of esters is 1. The Kier molecular flexibility index (Phi) is 6.85. The standard InChI is InChI=1S/C15H18ClNO5/c1-3-22-15(21)9(2)8-12(14(19)20)17-13(18)10-4-6-11(16)7-5-10/h4-7,9,12H,3,8H2,1-2H3,(H,17,18)(H,19,20)/t9-,12-/m0/s1. The van der Waals surface area contributed by atoms with Gasteiger partial charge in [0.15, 0.2) is 0 Å². The van der Waals surface area contributed by atoms with Gasteiger partial charge in [-0.1, -0.05) is 18.5 Å². The number of benzene rings is 1. The molecular formula is C15H18ClNO5. The average molecular weight is 328 g/mol. The minimum absolute atomic E-state index is 0.0481. The molecule has 0 saturated heterocycles. The molecule has 1 rings (SSSR count). The summed E-state index contributed by atoms with van der Waals surface area (Å²) in [6.45, 7) is 3.45. The van der Waals surface area contributed by atoms with Gasteiger partial charge in [-0.15, -0.1) is 0 Å². The van der Waals surface area contributed by atoms with Gasteiger partial charge in [-0.3, -0.25) is 9.59 Å². The first kappa shape index (κ1) is 18.0. The van der Waals surface area contributed by atoms with Crippen molar-refractivity contribution in [2.45, 2.75) is 26.3 Å². The van der Waals surface area contributed by atoms with Crippen LogP contribution in [0.25, 0.3) is 0 Å². The summed E-state index contributed by atoms with van der Waals surface area (Å²) in [5.41, 5.74) is 0.291. The zero-order valence-electron chi connectivity index (χ0n) is 12.3. The highest BCUT2D eigenvalue weighted by Crippen LogP contribution is 2.12. The Morgan fingerprint density at radius 1 is 1.27 bits per heavy atom. The van der Waals surface area contributed by atoms with Gasteiger partial charge in [0.25, 0.3) is 5.91 Å². The molecule has 0 saturated carbocycles. The van der Waals surface area contributed by atoms with Crippen LogP contribution in [-0.2, 0) is 14.3 Å². The second kappa shape index (κ2) is 8.38. The number of hydrogen-bond acceptors (Lipinski definition) is 4. The fourth-order valence-corrected chi connectivity index (χ4v) is 1.92. The third-order valence-corrected chi connectivity index (χ3v) is 3.24. The van der Waals surface area contributed by atoms with Gasteiger partial charge in [-0.05, 0) is 37.6 Å². The van der Waals surface area contributed by atoms with Crippen LogP contribution in [0.15, 0.2) is 24.3 Å². The molecule has 0 aliphatic carbocycles. The number of aliphatic carboxylic acids is 1. The summed E-state index contributed by atoms with van der Waals surface area (Å²) in [6, 6.07) is 4.88. The lowest BCUT2D eigenvalue weighted by Gasteiger charge is -2.18. The summed E-state index contributed by atoms with van der Waals surface area (Å²) in [4.78, 5) is 34.8. The fourth-order valence-electron chi connectivity index (χ4n) is 1.80. The van der Waals surface area contributed by atoms with Crippen LogP contribution >= 0.6 is 11.6 Å². The number of nitrogens with one attached hydrogen (secondary N) is 1. The molecule has 0 bridgehead atoms. The van der Waals surface area contributed by atoms with Crippen molar-refractivity contribution in [2.75, 3.05) is 6.61 Å². The van der Waals surface area contributed by atoms with Crippen LogP contribution in [0, 0.1) is 5.92 Å². The van der Waals surface area contributed by atoms with Crippen molar-refractivity contribution in [3.05, 3.63) is 34.9 Å². The third-order valence-electron chi connectivity index (χ3n) is 2.99. The molecule has 2 N–H and O–H groups in total. The number of rotatable bonds is 7. The first-order valence-corrected chi connectivity index (χ1v) is 7.18. The van der Waals surface area contributed by atoms with Crippen LogP contribution in [0.4, 0.5) is 0 Å². The van der Waals surface area contributed by atoms with E-state index in [1.165, 1.54) is 24.3 Å². The predicted octanol–water partition coefficient (Wildman–Crippen LogP) is 2.11. The molecule has 0 spiro atoms. The van der Waals surface area contributed by atoms with Gasteiger partial charge in [-0.25, -0.2) is 4.79 Å². The summed E-state index contributed by atoms with van der Waals surface area (Å²) in [6.07, 6.45) is -0.0481. The lowest BCUT2D eigenvalue weighted by atomic mass is 10.0. The Labute approximate surface area is 133 Å². The van der Waals surface area contributed by atoms with E-state index >= 15 is 0 Å². The molecule has 0 aliphatic rings. The lowest BCUT2D eigenvalue weighted by molar-refractivity contribution is -0.148. The number of carbonyl (C=O) groups excluding carboxylic acids is 2. The zero-order valence-corrected chi connectivity index (χ0v) is 13.1. The SMILES string of the molecule is CCOC(=O)[C@@H](C)C[C@H](NC(=O)c1ccc(Cl)cc1)C(=O)O. The van der Waals surface area contributed by atoms with Gasteiger partial charge < -0.3 is 15.2 Å². The molecule has 22 heavy (non-hydrogen) atoms. The van der Waals surface area contributed by atoms with Crippen LogP contribution in [-0.4, -0.2) is 35.6 Å². The smallest absolute Gasteiger partial charge is 0.326 e. The van der Waals surface area contributed by atoms with E-state index in [2.05, 4.69) is 5.32 Å². The van der Waals surface area contributed by atoms with E-state index in [0.29, 0.717) is 10.6 Å². The van der Waals surface area contributed by atoms with Gasteiger partial charge in [0.1, 0.15) is 6.04 Å². The topological polar surface area (TPSA) is 92.7 Å². The molecule has 1 aromatic rings. The van der Waals surface area contributed by atoms with E-state index < -0.39 is 29.8 Å². The van der Waals surface area contributed by atoms with Crippen LogP contribution in [0.2, 0.25) is 5.02 Å². The van der Waals surface area contributed by atoms with Crippen molar-refractivity contribution >= 4 is 29.4 Å². The van der Waals surface area contributed by atoms with Crippen molar-refractivity contribution < 1.29 is 24.2 Å². The largest absolute Gasteiger partial charge is 0.480 e. The maximum absolute atomic E-state index is 12.0. The molecular weight excluding hydrogens is 310 g/mol. The molecule has 7 heteroatoms. The van der Waals surface area contributed by atoms with Gasteiger partial charge >= 0.3 is 11.9 Å². The number of carbonyl (C=O) groups is 3. The first-order chi connectivity index (χ1) is 10.3. The normalized spacial score (nSPS) is 13.0. The average Bonchev–Trinajstić information content (AvgIpc) is 2.47. The second-order valence-corrected chi connectivity index (χ2v) is 5.20. The number of ether oxygens (including phenoxy) is 1. The van der Waals surface area contributed by atoms with E-state index in [-0.39, 0.29) is 13.0 Å². The van der Waals surface area contributed by atoms with E-state index in [1.54, 1.807) is 13.8 Å². The molecule has 2 atom stereocenters. The summed E-state index contributed by atoms with van der Waals surface area (Å²) in [7, 11) is 0. The number of hydrogen-bond donors (Lipinski definition) is 2. The number of halogens is 1. The minimum Gasteiger partial charge on any atom is -0.480 e. The molecule has 1 aromatic carbocycles. The maximum Gasteiger partial charge on any atom is 0.326 e. The van der Waals surface area contributed by atoms with Gasteiger partial charge in [0, 0.05) is 10.6 Å². The maximum atomic E-state index is 12.0. The van der Waals surface area contributed by atoms with Crippen molar-refractivity contribution in [3.8, 4) is 0 Å². The second-order valence-electron chi connectivity index (χ2n) is 4.76. The van der Waals surface area contributed by atoms with Gasteiger partial charge in [0.05, 0.1) is 12.5 Å². The van der Waals surface area contributed by atoms with E-state index in [9.17, 15) is 19.5 Å². The molecule has 6 nitrogen and oxygen atoms in total. The molecule has 0 unspecified atom stereocenters. The summed E-state index contributed by atoms with van der Waals surface area (Å²) in [5.74, 6) is -2.88. The minimum atomic E-state index is -1.21.